The third-order valence-corrected chi connectivity index (χ3v) is 3.88. The van der Waals surface area contributed by atoms with Crippen LogP contribution in [0.4, 0.5) is 13.2 Å². The number of alkyl halides is 3. The maximum atomic E-state index is 12.9. The monoisotopic (exact) mass is 287 g/mol. The van der Waals surface area contributed by atoms with Crippen LogP contribution in [0.1, 0.15) is 39.0 Å². The van der Waals surface area contributed by atoms with Crippen LogP contribution in [0.25, 0.3) is 0 Å². The van der Waals surface area contributed by atoms with Crippen molar-refractivity contribution in [2.24, 2.45) is 0 Å². The van der Waals surface area contributed by atoms with Gasteiger partial charge >= 0.3 is 13.3 Å². The number of pyridine rings is 1. The molecular weight excluding hydrogens is 270 g/mol. The summed E-state index contributed by atoms with van der Waals surface area (Å²) in [7, 11) is -0.887. The summed E-state index contributed by atoms with van der Waals surface area (Å²) in [5.74, 6) is 0. The van der Waals surface area contributed by atoms with Crippen LogP contribution in [-0.4, -0.2) is 23.3 Å². The van der Waals surface area contributed by atoms with Crippen LogP contribution in [0.3, 0.4) is 0 Å². The lowest BCUT2D eigenvalue weighted by Crippen LogP contribution is -2.41. The van der Waals surface area contributed by atoms with Gasteiger partial charge in [-0.25, -0.2) is 0 Å². The number of aromatic nitrogens is 1. The quantitative estimate of drug-likeness (QED) is 0.744. The molecule has 20 heavy (non-hydrogen) atoms. The van der Waals surface area contributed by atoms with Gasteiger partial charge in [-0.15, -0.1) is 0 Å². The highest BCUT2D eigenvalue weighted by atomic mass is 19.4. The molecule has 7 heteroatoms. The highest BCUT2D eigenvalue weighted by molar-refractivity contribution is 6.61. The second-order valence-corrected chi connectivity index (χ2v) is 5.99. The summed E-state index contributed by atoms with van der Waals surface area (Å²) >= 11 is 0. The van der Waals surface area contributed by atoms with E-state index >= 15 is 0 Å². The summed E-state index contributed by atoms with van der Waals surface area (Å²) in [6.07, 6.45) is -4.48. The van der Waals surface area contributed by atoms with E-state index in [1.165, 1.54) is 19.1 Å². The highest BCUT2D eigenvalue weighted by Gasteiger charge is 2.52. The van der Waals surface area contributed by atoms with E-state index in [0.717, 1.165) is 0 Å². The fourth-order valence-corrected chi connectivity index (χ4v) is 1.93. The van der Waals surface area contributed by atoms with E-state index in [9.17, 15) is 13.2 Å². The molecule has 1 aromatic heterocycles. The normalized spacial score (nSPS) is 21.3. The number of hydrogen-bond donors (Lipinski definition) is 0. The van der Waals surface area contributed by atoms with Crippen molar-refractivity contribution < 1.29 is 22.5 Å². The number of nitrogens with zero attached hydrogens (tertiary/aromatic N) is 1. The zero-order valence-electron chi connectivity index (χ0n) is 12.1. The van der Waals surface area contributed by atoms with Crippen molar-refractivity contribution in [1.82, 2.24) is 4.98 Å². The van der Waals surface area contributed by atoms with Crippen molar-refractivity contribution in [2.75, 3.05) is 0 Å². The first-order valence-corrected chi connectivity index (χ1v) is 6.34. The van der Waals surface area contributed by atoms with Crippen molar-refractivity contribution in [3.8, 4) is 0 Å². The molecule has 2 rings (SSSR count). The smallest absolute Gasteiger partial charge is 0.398 e. The van der Waals surface area contributed by atoms with Gasteiger partial charge in [0.25, 0.3) is 0 Å². The first kappa shape index (κ1) is 15.3. The Bertz CT molecular complexity index is 513. The number of aryl methyl sites for hydroxylation is 1. The van der Waals surface area contributed by atoms with Crippen molar-refractivity contribution in [3.63, 3.8) is 0 Å². The molecule has 1 aromatic rings. The largest absolute Gasteiger partial charge is 0.514 e. The van der Waals surface area contributed by atoms with Gasteiger partial charge in [-0.2, -0.15) is 13.2 Å². The van der Waals surface area contributed by atoms with Crippen molar-refractivity contribution in [3.05, 3.63) is 23.4 Å². The second-order valence-electron chi connectivity index (χ2n) is 5.99. The van der Waals surface area contributed by atoms with Crippen molar-refractivity contribution in [1.29, 1.82) is 0 Å². The Kier molecular flexibility index (Phi) is 3.42. The number of rotatable bonds is 1. The van der Waals surface area contributed by atoms with Crippen molar-refractivity contribution in [2.45, 2.75) is 52.0 Å². The Hall–Kier alpha value is -1.08. The Labute approximate surface area is 116 Å². The molecule has 0 unspecified atom stereocenters. The van der Waals surface area contributed by atoms with Gasteiger partial charge in [-0.05, 0) is 46.2 Å². The van der Waals surface area contributed by atoms with Gasteiger partial charge in [0.05, 0.1) is 16.8 Å². The van der Waals surface area contributed by atoms with Crippen LogP contribution in [0, 0.1) is 6.92 Å². The topological polar surface area (TPSA) is 31.4 Å². The van der Waals surface area contributed by atoms with Gasteiger partial charge in [-0.1, -0.05) is 6.07 Å². The first-order valence-electron chi connectivity index (χ1n) is 6.34. The van der Waals surface area contributed by atoms with Crippen molar-refractivity contribution >= 4 is 12.7 Å². The Balaban J connectivity index is 2.37. The molecule has 1 saturated heterocycles. The molecule has 3 nitrogen and oxygen atoms in total. The molecule has 0 aliphatic carbocycles. The average molecular weight is 287 g/mol. The molecule has 0 N–H and O–H groups in total. The summed E-state index contributed by atoms with van der Waals surface area (Å²) in [6.45, 7) is 8.74. The lowest BCUT2D eigenvalue weighted by Gasteiger charge is -2.32. The van der Waals surface area contributed by atoms with Crippen LogP contribution in [0.2, 0.25) is 0 Å². The predicted octanol–water partition coefficient (Wildman–Crippen LogP) is 2.71. The molecule has 1 aliphatic rings. The lowest BCUT2D eigenvalue weighted by atomic mass is 9.83. The maximum absolute atomic E-state index is 12.9. The number of hydrogen-bond acceptors (Lipinski definition) is 3. The maximum Gasteiger partial charge on any atom is 0.514 e. The van der Waals surface area contributed by atoms with E-state index in [4.69, 9.17) is 9.31 Å². The fourth-order valence-electron chi connectivity index (χ4n) is 1.93. The molecule has 0 radical (unpaired) electrons. The van der Waals surface area contributed by atoms with Gasteiger partial charge in [0.1, 0.15) is 5.69 Å². The minimum atomic E-state index is -4.48. The summed E-state index contributed by atoms with van der Waals surface area (Å²) < 4.78 is 50.0. The number of halogens is 3. The van der Waals surface area contributed by atoms with Gasteiger partial charge in [0, 0.05) is 0 Å². The SMILES string of the molecule is Cc1ccc(B2OC(C)(C)C(C)(C)O2)nc1C(F)(F)F. The third-order valence-electron chi connectivity index (χ3n) is 3.88. The predicted molar refractivity (Wildman–Crippen MR) is 69.7 cm³/mol. The minimum absolute atomic E-state index is 0.0813. The van der Waals surface area contributed by atoms with Crippen LogP contribution < -0.4 is 5.59 Å². The molecule has 0 atom stereocenters. The molecule has 0 amide bonds. The average Bonchev–Trinajstić information content (AvgIpc) is 2.47. The van der Waals surface area contributed by atoms with Crippen LogP contribution >= 0.6 is 0 Å². The Morgan fingerprint density at radius 3 is 2.00 bits per heavy atom. The molecule has 0 bridgehead atoms. The molecule has 110 valence electrons. The van der Waals surface area contributed by atoms with Gasteiger partial charge in [0.2, 0.25) is 0 Å². The van der Waals surface area contributed by atoms with Crippen LogP contribution in [0.5, 0.6) is 0 Å². The van der Waals surface area contributed by atoms with E-state index < -0.39 is 30.2 Å². The van der Waals surface area contributed by atoms with Gasteiger partial charge < -0.3 is 9.31 Å². The van der Waals surface area contributed by atoms with Crippen LogP contribution in [0.15, 0.2) is 12.1 Å². The van der Waals surface area contributed by atoms with Gasteiger partial charge in [-0.3, -0.25) is 4.98 Å². The standard InChI is InChI=1S/C13H17BF3NO2/c1-8-6-7-9(18-10(8)13(15,16)17)14-19-11(2,3)12(4,5)20-14/h6-7H,1-5H3. The summed E-state index contributed by atoms with van der Waals surface area (Å²) in [4.78, 5) is 3.68. The molecule has 2 heterocycles. The van der Waals surface area contributed by atoms with E-state index in [-0.39, 0.29) is 11.2 Å². The second kappa shape index (κ2) is 4.46. The third kappa shape index (κ3) is 2.56. The van der Waals surface area contributed by atoms with E-state index in [2.05, 4.69) is 4.98 Å². The first-order chi connectivity index (χ1) is 8.94. The lowest BCUT2D eigenvalue weighted by molar-refractivity contribution is -0.141. The fraction of sp³-hybridized carbons (Fsp3) is 0.615. The minimum Gasteiger partial charge on any atom is -0.398 e. The summed E-state index contributed by atoms with van der Waals surface area (Å²) in [5, 5.41) is 0. The molecule has 1 aliphatic heterocycles. The van der Waals surface area contributed by atoms with Gasteiger partial charge in [0.15, 0.2) is 0 Å². The summed E-state index contributed by atoms with van der Waals surface area (Å²) in [5.41, 5.74) is -1.89. The van der Waals surface area contributed by atoms with E-state index in [1.54, 1.807) is 0 Å². The molecule has 0 aromatic carbocycles. The Morgan fingerprint density at radius 1 is 1.05 bits per heavy atom. The zero-order valence-corrected chi connectivity index (χ0v) is 12.1. The van der Waals surface area contributed by atoms with E-state index in [0.29, 0.717) is 0 Å². The summed E-state index contributed by atoms with van der Waals surface area (Å²) in [6, 6.07) is 2.89. The Morgan fingerprint density at radius 2 is 1.55 bits per heavy atom. The van der Waals surface area contributed by atoms with Crippen LogP contribution in [-0.2, 0) is 15.5 Å². The molecular formula is C13H17BF3NO2. The molecule has 0 saturated carbocycles. The molecule has 0 spiro atoms. The molecule has 1 fully saturated rings. The van der Waals surface area contributed by atoms with E-state index in [1.807, 2.05) is 27.7 Å². The highest BCUT2D eigenvalue weighted by Crippen LogP contribution is 2.36. The zero-order chi connectivity index (χ0) is 15.3.